The van der Waals surface area contributed by atoms with Crippen LogP contribution in [0.3, 0.4) is 0 Å². The van der Waals surface area contributed by atoms with Crippen molar-refractivity contribution in [2.45, 2.75) is 57.6 Å². The number of aliphatic carboxylic acids is 1. The molecular weight excluding hydrogens is 374 g/mol. The molecule has 0 saturated heterocycles. The van der Waals surface area contributed by atoms with Crippen LogP contribution in [0.4, 0.5) is 0 Å². The number of rotatable bonds is 5. The summed E-state index contributed by atoms with van der Waals surface area (Å²) in [5.74, 6) is -0.367. The van der Waals surface area contributed by atoms with Gasteiger partial charge in [-0.25, -0.2) is 4.79 Å². The van der Waals surface area contributed by atoms with Crippen molar-refractivity contribution in [3.05, 3.63) is 66.7 Å². The third-order valence-electron chi connectivity index (χ3n) is 5.53. The van der Waals surface area contributed by atoms with Gasteiger partial charge in [0.05, 0.1) is 0 Å². The third kappa shape index (κ3) is 5.83. The second kappa shape index (κ2) is 10.8. The second-order valence-corrected chi connectivity index (χ2v) is 7.80. The number of hydrogen-bond acceptors (Lipinski definition) is 3. The van der Waals surface area contributed by atoms with Gasteiger partial charge in [-0.15, -0.1) is 0 Å². The quantitative estimate of drug-likeness (QED) is 0.544. The molecule has 158 valence electrons. The lowest BCUT2D eigenvalue weighted by molar-refractivity contribution is -0.145. The summed E-state index contributed by atoms with van der Waals surface area (Å²) in [6.45, 7) is 1.79. The largest absolute Gasteiger partial charge is 0.479 e. The summed E-state index contributed by atoms with van der Waals surface area (Å²) >= 11 is 0. The van der Waals surface area contributed by atoms with Gasteiger partial charge in [-0.1, -0.05) is 80.8 Å². The Bertz CT molecular complexity index is 941. The van der Waals surface area contributed by atoms with Gasteiger partial charge in [0.25, 0.3) is 0 Å². The first-order valence-electron chi connectivity index (χ1n) is 10.8. The van der Waals surface area contributed by atoms with Crippen LogP contribution in [0.25, 0.3) is 21.9 Å². The molecule has 1 saturated carbocycles. The summed E-state index contributed by atoms with van der Waals surface area (Å²) in [6, 6.07) is 22.6. The zero-order valence-corrected chi connectivity index (χ0v) is 17.6. The van der Waals surface area contributed by atoms with E-state index in [0.717, 1.165) is 11.1 Å². The Morgan fingerprint density at radius 2 is 1.67 bits per heavy atom. The van der Waals surface area contributed by atoms with Crippen molar-refractivity contribution in [2.24, 2.45) is 5.73 Å². The first kappa shape index (κ1) is 21.8. The molecular formula is C26H31NO3. The Labute approximate surface area is 178 Å². The van der Waals surface area contributed by atoms with Crippen molar-refractivity contribution in [3.8, 4) is 16.9 Å². The lowest BCUT2D eigenvalue weighted by Gasteiger charge is -2.15. The van der Waals surface area contributed by atoms with Crippen LogP contribution in [0.15, 0.2) is 66.7 Å². The normalized spacial score (nSPS) is 15.1. The number of ether oxygens (including phenoxy) is 1. The molecule has 0 amide bonds. The lowest BCUT2D eigenvalue weighted by atomic mass is 9.97. The standard InChI is InChI=1S/C20H18O3.C6H13N/c1-2-19(20(21)22)23-16-12-10-15(11-13-16)18-9-5-7-14-6-3-4-8-17(14)18;7-6-4-2-1-3-5-6/h3-13,19H,2H2,1H3,(H,21,22);6H,1-5,7H2/t19-;/m0./s1. The summed E-state index contributed by atoms with van der Waals surface area (Å²) in [5.41, 5.74) is 7.87. The Morgan fingerprint density at radius 1 is 1.00 bits per heavy atom. The second-order valence-electron chi connectivity index (χ2n) is 7.80. The topological polar surface area (TPSA) is 72.5 Å². The first-order valence-corrected chi connectivity index (χ1v) is 10.8. The first-order chi connectivity index (χ1) is 14.6. The van der Waals surface area contributed by atoms with Crippen molar-refractivity contribution in [3.63, 3.8) is 0 Å². The summed E-state index contributed by atoms with van der Waals surface area (Å²) in [5, 5.41) is 11.5. The molecule has 30 heavy (non-hydrogen) atoms. The van der Waals surface area contributed by atoms with E-state index in [1.807, 2.05) is 42.5 Å². The van der Waals surface area contributed by atoms with E-state index in [0.29, 0.717) is 18.2 Å². The van der Waals surface area contributed by atoms with E-state index < -0.39 is 12.1 Å². The average Bonchev–Trinajstić information content (AvgIpc) is 2.78. The molecule has 1 aliphatic rings. The minimum atomic E-state index is -0.939. The number of benzene rings is 3. The highest BCUT2D eigenvalue weighted by atomic mass is 16.5. The van der Waals surface area contributed by atoms with E-state index in [-0.39, 0.29) is 0 Å². The summed E-state index contributed by atoms with van der Waals surface area (Å²) in [6.07, 6.45) is 6.29. The zero-order chi connectivity index (χ0) is 21.3. The molecule has 3 aromatic carbocycles. The van der Waals surface area contributed by atoms with Gasteiger partial charge < -0.3 is 15.6 Å². The molecule has 0 aromatic heterocycles. The number of carboxylic acids is 1. The fraction of sp³-hybridized carbons (Fsp3) is 0.346. The van der Waals surface area contributed by atoms with Crippen LogP contribution in [0.2, 0.25) is 0 Å². The van der Waals surface area contributed by atoms with Gasteiger partial charge in [0.2, 0.25) is 0 Å². The van der Waals surface area contributed by atoms with Gasteiger partial charge in [-0.2, -0.15) is 0 Å². The highest BCUT2D eigenvalue weighted by molar-refractivity contribution is 5.96. The Balaban J connectivity index is 0.000000310. The molecule has 1 fully saturated rings. The highest BCUT2D eigenvalue weighted by Gasteiger charge is 2.16. The van der Waals surface area contributed by atoms with E-state index in [2.05, 4.69) is 24.3 Å². The lowest BCUT2D eigenvalue weighted by Crippen LogP contribution is -2.25. The molecule has 0 radical (unpaired) electrons. The van der Waals surface area contributed by atoms with Gasteiger partial charge in [-0.3, -0.25) is 0 Å². The smallest absolute Gasteiger partial charge is 0.344 e. The molecule has 1 aliphatic carbocycles. The minimum Gasteiger partial charge on any atom is -0.479 e. The van der Waals surface area contributed by atoms with Crippen molar-refractivity contribution in [2.75, 3.05) is 0 Å². The molecule has 1 atom stereocenters. The predicted molar refractivity (Wildman–Crippen MR) is 123 cm³/mol. The molecule has 0 spiro atoms. The summed E-state index contributed by atoms with van der Waals surface area (Å²) in [4.78, 5) is 11.0. The van der Waals surface area contributed by atoms with Crippen molar-refractivity contribution in [1.29, 1.82) is 0 Å². The van der Waals surface area contributed by atoms with Crippen molar-refractivity contribution >= 4 is 16.7 Å². The monoisotopic (exact) mass is 405 g/mol. The highest BCUT2D eigenvalue weighted by Crippen LogP contribution is 2.30. The van der Waals surface area contributed by atoms with Gasteiger partial charge in [0.1, 0.15) is 5.75 Å². The van der Waals surface area contributed by atoms with Crippen LogP contribution in [0, 0.1) is 0 Å². The van der Waals surface area contributed by atoms with E-state index in [1.54, 1.807) is 6.92 Å². The molecule has 0 bridgehead atoms. The molecule has 0 heterocycles. The van der Waals surface area contributed by atoms with Gasteiger partial charge in [-0.05, 0) is 53.3 Å². The van der Waals surface area contributed by atoms with Crippen LogP contribution < -0.4 is 10.5 Å². The molecule has 3 aromatic rings. The number of nitrogens with two attached hydrogens (primary N) is 1. The molecule has 3 N–H and O–H groups in total. The zero-order valence-electron chi connectivity index (χ0n) is 17.6. The summed E-state index contributed by atoms with van der Waals surface area (Å²) in [7, 11) is 0. The van der Waals surface area contributed by atoms with Gasteiger partial charge in [0.15, 0.2) is 6.10 Å². The van der Waals surface area contributed by atoms with Gasteiger partial charge in [0, 0.05) is 6.04 Å². The maximum absolute atomic E-state index is 11.0. The predicted octanol–water partition coefficient (Wildman–Crippen LogP) is 6.03. The van der Waals surface area contributed by atoms with Crippen LogP contribution in [-0.4, -0.2) is 23.2 Å². The van der Waals surface area contributed by atoms with Gasteiger partial charge >= 0.3 is 5.97 Å². The van der Waals surface area contributed by atoms with E-state index in [9.17, 15) is 4.79 Å². The number of carboxylic acid groups (broad SMARTS) is 1. The minimum absolute atomic E-state index is 0.431. The van der Waals surface area contributed by atoms with E-state index >= 15 is 0 Å². The molecule has 4 heteroatoms. The van der Waals surface area contributed by atoms with Crippen LogP contribution in [0.5, 0.6) is 5.75 Å². The molecule has 4 rings (SSSR count). The Hall–Kier alpha value is -2.85. The van der Waals surface area contributed by atoms with Crippen LogP contribution >= 0.6 is 0 Å². The maximum Gasteiger partial charge on any atom is 0.344 e. The van der Waals surface area contributed by atoms with Crippen LogP contribution in [0.1, 0.15) is 45.4 Å². The summed E-state index contributed by atoms with van der Waals surface area (Å²) < 4.78 is 5.50. The van der Waals surface area contributed by atoms with Crippen molar-refractivity contribution in [1.82, 2.24) is 0 Å². The SMILES string of the molecule is CC[C@H](Oc1ccc(-c2cccc3ccccc23)cc1)C(=O)O.NC1CCCCC1. The fourth-order valence-corrected chi connectivity index (χ4v) is 3.80. The van der Waals surface area contributed by atoms with E-state index in [4.69, 9.17) is 15.6 Å². The Morgan fingerprint density at radius 3 is 2.27 bits per heavy atom. The number of fused-ring (bicyclic) bond motifs is 1. The number of carbonyl (C=O) groups is 1. The molecule has 4 nitrogen and oxygen atoms in total. The number of hydrogen-bond donors (Lipinski definition) is 2. The van der Waals surface area contributed by atoms with E-state index in [1.165, 1.54) is 42.9 Å². The molecule has 0 aliphatic heterocycles. The Kier molecular flexibility index (Phi) is 7.86. The maximum atomic E-state index is 11.0. The average molecular weight is 406 g/mol. The molecule has 0 unspecified atom stereocenters. The van der Waals surface area contributed by atoms with Crippen LogP contribution in [-0.2, 0) is 4.79 Å². The van der Waals surface area contributed by atoms with Crippen molar-refractivity contribution < 1.29 is 14.6 Å². The third-order valence-corrected chi connectivity index (χ3v) is 5.53. The fourth-order valence-electron chi connectivity index (χ4n) is 3.80.